The van der Waals surface area contributed by atoms with Crippen LogP contribution in [-0.4, -0.2) is 36.4 Å². The lowest BCUT2D eigenvalue weighted by atomic mass is 9.72. The highest BCUT2D eigenvalue weighted by Crippen LogP contribution is 2.43. The largest absolute Gasteiger partial charge is 0.356 e. The third-order valence-corrected chi connectivity index (χ3v) is 5.15. The minimum Gasteiger partial charge on any atom is -0.356 e. The molecule has 132 valence electrons. The standard InChI is InChI=1S/C19H26F2N2O/c1-2-4-15-5-7-16(8-6-15)11-23-13-18(12-19(20,21)14-23)9-3-10-22-17(18)24/h5-8H,2-4,9-14H2,1H3,(H,22,24). The van der Waals surface area contributed by atoms with Gasteiger partial charge in [-0.2, -0.15) is 0 Å². The predicted molar refractivity (Wildman–Crippen MR) is 90.0 cm³/mol. The van der Waals surface area contributed by atoms with Gasteiger partial charge in [0.2, 0.25) is 5.91 Å². The Labute approximate surface area is 142 Å². The first-order valence-electron chi connectivity index (χ1n) is 8.89. The molecule has 1 N–H and O–H groups in total. The highest BCUT2D eigenvalue weighted by Gasteiger charge is 2.53. The monoisotopic (exact) mass is 336 g/mol. The average molecular weight is 336 g/mol. The van der Waals surface area contributed by atoms with Gasteiger partial charge in [0.25, 0.3) is 5.92 Å². The number of carbonyl (C=O) groups excluding carboxylic acids is 1. The number of nitrogens with one attached hydrogen (secondary N) is 1. The van der Waals surface area contributed by atoms with Crippen molar-refractivity contribution in [3.8, 4) is 0 Å². The van der Waals surface area contributed by atoms with Gasteiger partial charge in [-0.15, -0.1) is 0 Å². The van der Waals surface area contributed by atoms with Gasteiger partial charge in [0.1, 0.15) is 0 Å². The number of benzene rings is 1. The molecule has 5 heteroatoms. The van der Waals surface area contributed by atoms with Crippen LogP contribution in [-0.2, 0) is 17.8 Å². The van der Waals surface area contributed by atoms with E-state index in [4.69, 9.17) is 0 Å². The second-order valence-electron chi connectivity index (χ2n) is 7.38. The number of hydrogen-bond donors (Lipinski definition) is 1. The van der Waals surface area contributed by atoms with E-state index in [9.17, 15) is 13.6 Å². The first-order valence-corrected chi connectivity index (χ1v) is 8.89. The summed E-state index contributed by atoms with van der Waals surface area (Å²) in [6.45, 7) is 3.37. The van der Waals surface area contributed by atoms with E-state index in [2.05, 4.69) is 24.4 Å². The lowest BCUT2D eigenvalue weighted by Crippen LogP contribution is -2.59. The normalized spacial score (nSPS) is 27.2. The fraction of sp³-hybridized carbons (Fsp3) is 0.632. The Kier molecular flexibility index (Phi) is 4.90. The van der Waals surface area contributed by atoms with Crippen LogP contribution in [0, 0.1) is 5.41 Å². The number of piperidine rings is 2. The molecule has 1 unspecified atom stereocenters. The molecule has 0 saturated carbocycles. The molecule has 0 radical (unpaired) electrons. The van der Waals surface area contributed by atoms with Gasteiger partial charge in [-0.1, -0.05) is 37.6 Å². The zero-order valence-corrected chi connectivity index (χ0v) is 14.3. The fourth-order valence-corrected chi connectivity index (χ4v) is 4.14. The Morgan fingerprint density at radius 3 is 2.54 bits per heavy atom. The summed E-state index contributed by atoms with van der Waals surface area (Å²) in [5.74, 6) is -3.01. The van der Waals surface area contributed by atoms with Crippen LogP contribution in [0.25, 0.3) is 0 Å². The van der Waals surface area contributed by atoms with Crippen LogP contribution in [0.1, 0.15) is 43.7 Å². The van der Waals surface area contributed by atoms with Crippen LogP contribution in [0.15, 0.2) is 24.3 Å². The molecule has 0 bridgehead atoms. The number of carbonyl (C=O) groups is 1. The summed E-state index contributed by atoms with van der Waals surface area (Å²) >= 11 is 0. The third kappa shape index (κ3) is 3.77. The van der Waals surface area contributed by atoms with E-state index in [1.807, 2.05) is 12.1 Å². The number of hydrogen-bond acceptors (Lipinski definition) is 2. The quantitative estimate of drug-likeness (QED) is 0.914. The van der Waals surface area contributed by atoms with Crippen LogP contribution < -0.4 is 5.32 Å². The molecular formula is C19H26F2N2O. The van der Waals surface area contributed by atoms with Crippen LogP contribution in [0.2, 0.25) is 0 Å². The van der Waals surface area contributed by atoms with Gasteiger partial charge in [-0.3, -0.25) is 9.69 Å². The summed E-state index contributed by atoms with van der Waals surface area (Å²) < 4.78 is 28.6. The Morgan fingerprint density at radius 1 is 1.17 bits per heavy atom. The maximum atomic E-state index is 14.3. The summed E-state index contributed by atoms with van der Waals surface area (Å²) in [5, 5.41) is 2.79. The molecular weight excluding hydrogens is 310 g/mol. The zero-order valence-electron chi connectivity index (χ0n) is 14.3. The van der Waals surface area contributed by atoms with E-state index in [1.165, 1.54) is 5.56 Å². The van der Waals surface area contributed by atoms with Crippen molar-refractivity contribution in [2.75, 3.05) is 19.6 Å². The van der Waals surface area contributed by atoms with Crippen molar-refractivity contribution in [3.63, 3.8) is 0 Å². The number of nitrogens with zero attached hydrogens (tertiary/aromatic N) is 1. The van der Waals surface area contributed by atoms with Crippen LogP contribution in [0.5, 0.6) is 0 Å². The summed E-state index contributed by atoms with van der Waals surface area (Å²) in [5.41, 5.74) is 1.37. The number of alkyl halides is 2. The molecule has 1 aromatic carbocycles. The highest BCUT2D eigenvalue weighted by atomic mass is 19.3. The van der Waals surface area contributed by atoms with Gasteiger partial charge >= 0.3 is 0 Å². The van der Waals surface area contributed by atoms with E-state index in [1.54, 1.807) is 4.90 Å². The molecule has 0 aromatic heterocycles. The SMILES string of the molecule is CCCc1ccc(CN2CC(F)(F)CC3(CCCNC3=O)C2)cc1. The molecule has 24 heavy (non-hydrogen) atoms. The average Bonchev–Trinajstić information content (AvgIpc) is 2.51. The predicted octanol–water partition coefficient (Wildman–Crippen LogP) is 3.38. The maximum absolute atomic E-state index is 14.3. The zero-order chi connectivity index (χ0) is 17.2. The number of aryl methyl sites for hydroxylation is 1. The van der Waals surface area contributed by atoms with Crippen molar-refractivity contribution in [1.82, 2.24) is 10.2 Å². The number of amides is 1. The lowest BCUT2D eigenvalue weighted by molar-refractivity contribution is -0.158. The molecule has 2 aliphatic heterocycles. The topological polar surface area (TPSA) is 32.3 Å². The van der Waals surface area contributed by atoms with Crippen molar-refractivity contribution in [2.45, 2.75) is 51.5 Å². The molecule has 3 nitrogen and oxygen atoms in total. The first kappa shape index (κ1) is 17.3. The van der Waals surface area contributed by atoms with Crippen LogP contribution >= 0.6 is 0 Å². The molecule has 1 amide bonds. The minimum absolute atomic E-state index is 0.198. The first-order chi connectivity index (χ1) is 11.4. The molecule has 2 fully saturated rings. The van der Waals surface area contributed by atoms with E-state index in [0.29, 0.717) is 26.1 Å². The van der Waals surface area contributed by atoms with Gasteiger partial charge in [0.15, 0.2) is 0 Å². The van der Waals surface area contributed by atoms with Crippen molar-refractivity contribution in [1.29, 1.82) is 0 Å². The molecule has 3 rings (SSSR count). The van der Waals surface area contributed by atoms with E-state index >= 15 is 0 Å². The van der Waals surface area contributed by atoms with Gasteiger partial charge in [0.05, 0.1) is 12.0 Å². The second-order valence-corrected chi connectivity index (χ2v) is 7.38. The summed E-state index contributed by atoms with van der Waals surface area (Å²) in [6, 6.07) is 8.19. The van der Waals surface area contributed by atoms with E-state index < -0.39 is 11.3 Å². The van der Waals surface area contributed by atoms with Crippen LogP contribution in [0.3, 0.4) is 0 Å². The second kappa shape index (κ2) is 6.79. The molecule has 2 aliphatic rings. The Hall–Kier alpha value is -1.49. The summed E-state index contributed by atoms with van der Waals surface area (Å²) in [7, 11) is 0. The molecule has 1 aromatic rings. The van der Waals surface area contributed by atoms with Gasteiger partial charge in [-0.25, -0.2) is 8.78 Å². The Bertz CT molecular complexity index is 588. The number of likely N-dealkylation sites (tertiary alicyclic amines) is 1. The fourth-order valence-electron chi connectivity index (χ4n) is 4.14. The molecule has 1 atom stereocenters. The van der Waals surface area contributed by atoms with Crippen molar-refractivity contribution >= 4 is 5.91 Å². The smallest absolute Gasteiger partial charge is 0.261 e. The van der Waals surface area contributed by atoms with Crippen LogP contribution in [0.4, 0.5) is 8.78 Å². The molecule has 0 aliphatic carbocycles. The van der Waals surface area contributed by atoms with Gasteiger partial charge in [0, 0.05) is 26.1 Å². The molecule has 1 spiro atoms. The van der Waals surface area contributed by atoms with Crippen molar-refractivity contribution in [3.05, 3.63) is 35.4 Å². The maximum Gasteiger partial charge on any atom is 0.261 e. The van der Waals surface area contributed by atoms with E-state index in [-0.39, 0.29) is 18.9 Å². The molecule has 2 saturated heterocycles. The van der Waals surface area contributed by atoms with Gasteiger partial charge in [-0.05, 0) is 30.4 Å². The number of rotatable bonds is 4. The minimum atomic E-state index is -2.81. The third-order valence-electron chi connectivity index (χ3n) is 5.15. The lowest BCUT2D eigenvalue weighted by Gasteiger charge is -2.46. The summed E-state index contributed by atoms with van der Waals surface area (Å²) in [6.07, 6.45) is 3.14. The molecule has 2 heterocycles. The Balaban J connectivity index is 1.73. The number of halogens is 2. The Morgan fingerprint density at radius 2 is 1.88 bits per heavy atom. The van der Waals surface area contributed by atoms with Crippen molar-refractivity contribution < 1.29 is 13.6 Å². The van der Waals surface area contributed by atoms with E-state index in [0.717, 1.165) is 24.8 Å². The highest BCUT2D eigenvalue weighted by molar-refractivity contribution is 5.83. The van der Waals surface area contributed by atoms with Gasteiger partial charge < -0.3 is 5.32 Å². The van der Waals surface area contributed by atoms with Crippen molar-refractivity contribution in [2.24, 2.45) is 5.41 Å². The summed E-state index contributed by atoms with van der Waals surface area (Å²) in [4.78, 5) is 14.1.